The Hall–Kier alpha value is -1.36. The molecule has 0 aromatic carbocycles. The molecule has 2 N–H and O–H groups in total. The number of hydrogen-bond acceptors (Lipinski definition) is 4. The van der Waals surface area contributed by atoms with Crippen molar-refractivity contribution < 1.29 is 9.34 Å². The maximum Gasteiger partial charge on any atom is 0.433 e. The highest BCUT2D eigenvalue weighted by Gasteiger charge is 2.40. The predicted molar refractivity (Wildman–Crippen MR) is 49.9 cm³/mol. The zero-order chi connectivity index (χ0) is 10.2. The first-order valence-corrected chi connectivity index (χ1v) is 4.63. The third kappa shape index (κ3) is 1.21. The van der Waals surface area contributed by atoms with Gasteiger partial charge in [0, 0.05) is 12.0 Å². The van der Waals surface area contributed by atoms with E-state index in [9.17, 15) is 10.1 Å². The molecule has 1 aromatic heterocycles. The summed E-state index contributed by atoms with van der Waals surface area (Å²) in [5, 5.41) is 10.4. The normalized spacial score (nSPS) is 18.9. The predicted octanol–water partition coefficient (Wildman–Crippen LogP) is 1.57. The van der Waals surface area contributed by atoms with E-state index < -0.39 is 4.92 Å². The quantitative estimate of drug-likeness (QED) is 0.587. The third-order valence-corrected chi connectivity index (χ3v) is 3.00. The van der Waals surface area contributed by atoms with E-state index in [1.54, 1.807) is 6.07 Å². The molecule has 1 aliphatic rings. The van der Waals surface area contributed by atoms with E-state index in [0.29, 0.717) is 12.3 Å². The van der Waals surface area contributed by atoms with Gasteiger partial charge in [0.1, 0.15) is 10.7 Å². The van der Waals surface area contributed by atoms with Crippen LogP contribution in [-0.2, 0) is 5.41 Å². The lowest BCUT2D eigenvalue weighted by atomic mass is 9.67. The van der Waals surface area contributed by atoms with Gasteiger partial charge in [-0.3, -0.25) is 10.1 Å². The summed E-state index contributed by atoms with van der Waals surface area (Å²) in [5.74, 6) is 0.470. The van der Waals surface area contributed by atoms with Gasteiger partial charge < -0.3 is 10.2 Å². The SMILES string of the molecule is NCC1(c2ccc([N+](=O)[O-])o2)CCC1. The van der Waals surface area contributed by atoms with Gasteiger partial charge in [-0.1, -0.05) is 6.42 Å². The van der Waals surface area contributed by atoms with Crippen molar-refractivity contribution in [3.05, 3.63) is 28.0 Å². The summed E-state index contributed by atoms with van der Waals surface area (Å²) >= 11 is 0. The molecule has 0 bridgehead atoms. The van der Waals surface area contributed by atoms with Gasteiger partial charge in [0.15, 0.2) is 0 Å². The van der Waals surface area contributed by atoms with Crippen LogP contribution in [0.3, 0.4) is 0 Å². The standard InChI is InChI=1S/C9H12N2O3/c10-6-9(4-1-5-9)7-2-3-8(14-7)11(12)13/h2-3H,1,4-6,10H2. The van der Waals surface area contributed by atoms with E-state index >= 15 is 0 Å². The van der Waals surface area contributed by atoms with Crippen molar-refractivity contribution in [1.29, 1.82) is 0 Å². The Morgan fingerprint density at radius 3 is 2.64 bits per heavy atom. The summed E-state index contributed by atoms with van der Waals surface area (Å²) in [4.78, 5) is 9.89. The molecule has 1 saturated carbocycles. The van der Waals surface area contributed by atoms with Gasteiger partial charge in [-0.15, -0.1) is 0 Å². The molecule has 0 aliphatic heterocycles. The van der Waals surface area contributed by atoms with Gasteiger partial charge >= 0.3 is 5.88 Å². The smallest absolute Gasteiger partial charge is 0.405 e. The molecule has 0 saturated heterocycles. The molecule has 0 atom stereocenters. The Bertz CT molecular complexity index is 349. The zero-order valence-electron chi connectivity index (χ0n) is 7.73. The van der Waals surface area contributed by atoms with Crippen LogP contribution in [0.25, 0.3) is 0 Å². The average Bonchev–Trinajstić information content (AvgIpc) is 2.52. The Morgan fingerprint density at radius 2 is 2.29 bits per heavy atom. The van der Waals surface area contributed by atoms with Crippen molar-refractivity contribution in [3.8, 4) is 0 Å². The summed E-state index contributed by atoms with van der Waals surface area (Å²) in [6, 6.07) is 3.06. The highest BCUT2D eigenvalue weighted by atomic mass is 16.6. The highest BCUT2D eigenvalue weighted by molar-refractivity contribution is 5.26. The largest absolute Gasteiger partial charge is 0.433 e. The lowest BCUT2D eigenvalue weighted by molar-refractivity contribution is -0.402. The number of nitrogens with zero attached hydrogens (tertiary/aromatic N) is 1. The fourth-order valence-electron chi connectivity index (χ4n) is 1.87. The highest BCUT2D eigenvalue weighted by Crippen LogP contribution is 2.44. The lowest BCUT2D eigenvalue weighted by Gasteiger charge is -2.38. The Kier molecular flexibility index (Phi) is 2.03. The summed E-state index contributed by atoms with van der Waals surface area (Å²) in [7, 11) is 0. The molecule has 5 nitrogen and oxygen atoms in total. The van der Waals surface area contributed by atoms with Crippen molar-refractivity contribution >= 4 is 5.88 Å². The van der Waals surface area contributed by atoms with Crippen LogP contribution in [0.2, 0.25) is 0 Å². The molecule has 1 heterocycles. The van der Waals surface area contributed by atoms with E-state index in [2.05, 4.69) is 0 Å². The van der Waals surface area contributed by atoms with Crippen molar-refractivity contribution in [2.75, 3.05) is 6.54 Å². The molecule has 2 rings (SSSR count). The van der Waals surface area contributed by atoms with E-state index in [1.807, 2.05) is 0 Å². The maximum absolute atomic E-state index is 10.4. The van der Waals surface area contributed by atoms with E-state index in [-0.39, 0.29) is 11.3 Å². The van der Waals surface area contributed by atoms with Crippen LogP contribution >= 0.6 is 0 Å². The third-order valence-electron chi connectivity index (χ3n) is 3.00. The summed E-state index contributed by atoms with van der Waals surface area (Å²) in [6.07, 6.45) is 3.05. The Labute approximate surface area is 81.0 Å². The molecule has 1 aliphatic carbocycles. The van der Waals surface area contributed by atoms with Crippen molar-refractivity contribution in [2.24, 2.45) is 5.73 Å². The molecule has 76 valence electrons. The van der Waals surface area contributed by atoms with E-state index in [4.69, 9.17) is 10.2 Å². The van der Waals surface area contributed by atoms with Gasteiger partial charge in [0.25, 0.3) is 0 Å². The van der Waals surface area contributed by atoms with Crippen molar-refractivity contribution in [3.63, 3.8) is 0 Å². The number of nitro groups is 1. The van der Waals surface area contributed by atoms with Crippen LogP contribution in [0.15, 0.2) is 16.5 Å². The topological polar surface area (TPSA) is 82.3 Å². The van der Waals surface area contributed by atoms with E-state index in [0.717, 1.165) is 19.3 Å². The molecular weight excluding hydrogens is 184 g/mol. The van der Waals surface area contributed by atoms with Gasteiger partial charge in [-0.05, 0) is 18.9 Å². The molecule has 1 aromatic rings. The Balaban J connectivity index is 2.27. The van der Waals surface area contributed by atoms with Crippen LogP contribution in [-0.4, -0.2) is 11.5 Å². The van der Waals surface area contributed by atoms with Crippen LogP contribution in [0.4, 0.5) is 5.88 Å². The second kappa shape index (κ2) is 3.09. The second-order valence-corrected chi connectivity index (χ2v) is 3.73. The minimum Gasteiger partial charge on any atom is -0.405 e. The molecule has 0 radical (unpaired) electrons. The van der Waals surface area contributed by atoms with Crippen molar-refractivity contribution in [2.45, 2.75) is 24.7 Å². The molecular formula is C9H12N2O3. The summed E-state index contributed by atoms with van der Waals surface area (Å²) in [6.45, 7) is 0.498. The van der Waals surface area contributed by atoms with E-state index in [1.165, 1.54) is 6.07 Å². The maximum atomic E-state index is 10.4. The number of nitrogens with two attached hydrogens (primary N) is 1. The molecule has 0 spiro atoms. The Morgan fingerprint density at radius 1 is 1.57 bits per heavy atom. The number of rotatable bonds is 3. The van der Waals surface area contributed by atoms with Gasteiger partial charge in [-0.2, -0.15) is 0 Å². The summed E-state index contributed by atoms with van der Waals surface area (Å²) < 4.78 is 5.16. The van der Waals surface area contributed by atoms with Crippen molar-refractivity contribution in [1.82, 2.24) is 0 Å². The fraction of sp³-hybridized carbons (Fsp3) is 0.556. The van der Waals surface area contributed by atoms with Crippen LogP contribution in [0.5, 0.6) is 0 Å². The van der Waals surface area contributed by atoms with Gasteiger partial charge in [0.05, 0.1) is 6.07 Å². The van der Waals surface area contributed by atoms with Crippen LogP contribution < -0.4 is 5.73 Å². The number of hydrogen-bond donors (Lipinski definition) is 1. The monoisotopic (exact) mass is 196 g/mol. The van der Waals surface area contributed by atoms with Crippen LogP contribution in [0, 0.1) is 10.1 Å². The van der Waals surface area contributed by atoms with Gasteiger partial charge in [0.2, 0.25) is 0 Å². The van der Waals surface area contributed by atoms with Crippen LogP contribution in [0.1, 0.15) is 25.0 Å². The molecule has 14 heavy (non-hydrogen) atoms. The first-order valence-electron chi connectivity index (χ1n) is 4.63. The average molecular weight is 196 g/mol. The van der Waals surface area contributed by atoms with Gasteiger partial charge in [-0.25, -0.2) is 0 Å². The first kappa shape index (κ1) is 9.21. The minimum absolute atomic E-state index is 0.131. The lowest BCUT2D eigenvalue weighted by Crippen LogP contribution is -2.41. The molecule has 0 amide bonds. The fourth-order valence-corrected chi connectivity index (χ4v) is 1.87. The number of furan rings is 1. The molecule has 5 heteroatoms. The molecule has 0 unspecified atom stereocenters. The summed E-state index contributed by atoms with van der Waals surface area (Å²) in [5.41, 5.74) is 5.53. The first-order chi connectivity index (χ1) is 6.68. The molecule has 1 fully saturated rings. The second-order valence-electron chi connectivity index (χ2n) is 3.73. The minimum atomic E-state index is -0.521. The zero-order valence-corrected chi connectivity index (χ0v) is 7.73.